The predicted octanol–water partition coefficient (Wildman–Crippen LogP) is 2.38. The number of likely N-dealkylation sites (tertiary alicyclic amines) is 2. The number of piperidine rings is 2. The summed E-state index contributed by atoms with van der Waals surface area (Å²) in [7, 11) is 0. The van der Waals surface area contributed by atoms with Crippen LogP contribution in [0.1, 0.15) is 49.9 Å². The van der Waals surface area contributed by atoms with Crippen molar-refractivity contribution in [2.45, 2.75) is 45.6 Å². The number of amides is 2. The lowest BCUT2D eigenvalue weighted by atomic mass is 10.00. The molecule has 8 nitrogen and oxygen atoms in total. The molecule has 2 aliphatic heterocycles. The van der Waals surface area contributed by atoms with Crippen molar-refractivity contribution in [1.29, 1.82) is 0 Å². The first-order valence-electron chi connectivity index (χ1n) is 9.86. The zero-order valence-electron chi connectivity index (χ0n) is 16.2. The van der Waals surface area contributed by atoms with Crippen LogP contribution in [-0.4, -0.2) is 70.6 Å². The predicted molar refractivity (Wildman–Crippen MR) is 102 cm³/mol. The Labute approximate surface area is 160 Å². The second-order valence-corrected chi connectivity index (χ2v) is 7.40. The van der Waals surface area contributed by atoms with E-state index < -0.39 is 0 Å². The van der Waals surface area contributed by atoms with Crippen LogP contribution in [0.5, 0.6) is 0 Å². The molecule has 27 heavy (non-hydrogen) atoms. The summed E-state index contributed by atoms with van der Waals surface area (Å²) in [5.41, 5.74) is 0.534. The lowest BCUT2D eigenvalue weighted by Crippen LogP contribution is -2.42. The van der Waals surface area contributed by atoms with E-state index in [1.165, 1.54) is 6.42 Å². The molecule has 0 radical (unpaired) electrons. The Morgan fingerprint density at radius 3 is 2.48 bits per heavy atom. The fourth-order valence-electron chi connectivity index (χ4n) is 3.67. The summed E-state index contributed by atoms with van der Waals surface area (Å²) in [6, 6.07) is 0.208. The number of aromatic nitrogens is 2. The van der Waals surface area contributed by atoms with E-state index in [1.54, 1.807) is 17.3 Å². The molecule has 8 heteroatoms. The summed E-state index contributed by atoms with van der Waals surface area (Å²) < 4.78 is 5.03. The molecule has 0 aliphatic carbocycles. The summed E-state index contributed by atoms with van der Waals surface area (Å²) in [5, 5.41) is 3.30. The van der Waals surface area contributed by atoms with E-state index in [2.05, 4.69) is 22.2 Å². The molecule has 0 saturated carbocycles. The molecule has 1 N–H and O–H groups in total. The molecule has 1 aromatic heterocycles. The smallest absolute Gasteiger partial charge is 0.409 e. The van der Waals surface area contributed by atoms with Gasteiger partial charge in [-0.3, -0.25) is 4.79 Å². The monoisotopic (exact) mass is 375 g/mol. The van der Waals surface area contributed by atoms with Crippen molar-refractivity contribution in [2.75, 3.05) is 38.1 Å². The third kappa shape index (κ3) is 5.08. The van der Waals surface area contributed by atoms with Gasteiger partial charge in [0.15, 0.2) is 0 Å². The average molecular weight is 375 g/mol. The Balaban J connectivity index is 1.50. The minimum Gasteiger partial charge on any atom is -0.450 e. The molecule has 2 amide bonds. The number of carbonyl (C=O) groups excluding carboxylic acids is 2. The molecule has 1 aromatic rings. The first-order valence-corrected chi connectivity index (χ1v) is 9.86. The van der Waals surface area contributed by atoms with Crippen LogP contribution in [0.4, 0.5) is 10.7 Å². The standard InChI is InChI=1S/C19H29N5O3/c1-3-27-19(26)23-9-6-16(7-10-23)22-18-20-11-15(12-21-18)17(25)24-8-4-5-14(2)13-24/h11-12,14,16H,3-10,13H2,1-2H3,(H,20,21,22). The number of nitrogens with zero attached hydrogens (tertiary/aromatic N) is 4. The van der Waals surface area contributed by atoms with Gasteiger partial charge in [0.05, 0.1) is 12.2 Å². The summed E-state index contributed by atoms with van der Waals surface area (Å²) in [5.74, 6) is 1.08. The number of nitrogens with one attached hydrogen (secondary N) is 1. The molecule has 2 saturated heterocycles. The molecule has 2 fully saturated rings. The number of carbonyl (C=O) groups is 2. The van der Waals surface area contributed by atoms with Crippen molar-refractivity contribution in [2.24, 2.45) is 5.92 Å². The lowest BCUT2D eigenvalue weighted by molar-refractivity contribution is 0.0682. The molecule has 2 aliphatic rings. The summed E-state index contributed by atoms with van der Waals surface area (Å²) in [6.07, 6.45) is 6.82. The number of hydrogen-bond acceptors (Lipinski definition) is 6. The zero-order chi connectivity index (χ0) is 19.2. The van der Waals surface area contributed by atoms with Crippen molar-refractivity contribution in [3.8, 4) is 0 Å². The quantitative estimate of drug-likeness (QED) is 0.869. The van der Waals surface area contributed by atoms with Crippen LogP contribution in [0.25, 0.3) is 0 Å². The van der Waals surface area contributed by atoms with Crippen LogP contribution in [0.3, 0.4) is 0 Å². The first-order chi connectivity index (χ1) is 13.1. The Bertz CT molecular complexity index is 643. The van der Waals surface area contributed by atoms with E-state index in [-0.39, 0.29) is 18.0 Å². The van der Waals surface area contributed by atoms with E-state index in [9.17, 15) is 9.59 Å². The van der Waals surface area contributed by atoms with E-state index >= 15 is 0 Å². The van der Waals surface area contributed by atoms with Crippen LogP contribution in [0.15, 0.2) is 12.4 Å². The Morgan fingerprint density at radius 1 is 1.15 bits per heavy atom. The van der Waals surface area contributed by atoms with Gasteiger partial charge in [0, 0.05) is 44.6 Å². The summed E-state index contributed by atoms with van der Waals surface area (Å²) in [6.45, 7) is 7.30. The van der Waals surface area contributed by atoms with Gasteiger partial charge in [-0.05, 0) is 38.5 Å². The van der Waals surface area contributed by atoms with Crippen LogP contribution in [-0.2, 0) is 4.74 Å². The van der Waals surface area contributed by atoms with Crippen molar-refractivity contribution in [3.05, 3.63) is 18.0 Å². The second kappa shape index (κ2) is 9.01. The van der Waals surface area contributed by atoms with Gasteiger partial charge < -0.3 is 19.9 Å². The third-order valence-electron chi connectivity index (χ3n) is 5.20. The van der Waals surface area contributed by atoms with Gasteiger partial charge in [0.1, 0.15) is 0 Å². The second-order valence-electron chi connectivity index (χ2n) is 7.40. The molecular weight excluding hydrogens is 346 g/mol. The van der Waals surface area contributed by atoms with Gasteiger partial charge in [-0.25, -0.2) is 14.8 Å². The van der Waals surface area contributed by atoms with Crippen molar-refractivity contribution in [1.82, 2.24) is 19.8 Å². The SMILES string of the molecule is CCOC(=O)N1CCC(Nc2ncc(C(=O)N3CCCC(C)C3)cn2)CC1. The molecular formula is C19H29N5O3. The van der Waals surface area contributed by atoms with Gasteiger partial charge in [0.25, 0.3) is 5.91 Å². The molecule has 3 heterocycles. The van der Waals surface area contributed by atoms with Crippen molar-refractivity contribution < 1.29 is 14.3 Å². The minimum absolute atomic E-state index is 0.0100. The van der Waals surface area contributed by atoms with Crippen LogP contribution < -0.4 is 5.32 Å². The normalized spacial score (nSPS) is 21.0. The zero-order valence-corrected chi connectivity index (χ0v) is 16.2. The number of anilines is 1. The van der Waals surface area contributed by atoms with Crippen LogP contribution >= 0.6 is 0 Å². The molecule has 148 valence electrons. The maximum atomic E-state index is 12.6. The maximum absolute atomic E-state index is 12.6. The van der Waals surface area contributed by atoms with E-state index in [0.29, 0.717) is 37.1 Å². The Morgan fingerprint density at radius 2 is 1.85 bits per heavy atom. The Kier molecular flexibility index (Phi) is 6.47. The average Bonchev–Trinajstić information content (AvgIpc) is 2.69. The molecule has 1 atom stereocenters. The first kappa shape index (κ1) is 19.4. The molecule has 1 unspecified atom stereocenters. The van der Waals surface area contributed by atoms with Gasteiger partial charge in [-0.2, -0.15) is 0 Å². The van der Waals surface area contributed by atoms with E-state index in [0.717, 1.165) is 32.4 Å². The van der Waals surface area contributed by atoms with E-state index in [1.807, 2.05) is 11.8 Å². The summed E-state index contributed by atoms with van der Waals surface area (Å²) in [4.78, 5) is 36.6. The van der Waals surface area contributed by atoms with Gasteiger partial charge in [-0.1, -0.05) is 6.92 Å². The highest BCUT2D eigenvalue weighted by Crippen LogP contribution is 2.18. The largest absolute Gasteiger partial charge is 0.450 e. The third-order valence-corrected chi connectivity index (χ3v) is 5.20. The molecule has 0 bridgehead atoms. The maximum Gasteiger partial charge on any atom is 0.409 e. The minimum atomic E-state index is -0.248. The van der Waals surface area contributed by atoms with Crippen molar-refractivity contribution >= 4 is 17.9 Å². The number of ether oxygens (including phenoxy) is 1. The fourth-order valence-corrected chi connectivity index (χ4v) is 3.67. The molecule has 0 spiro atoms. The van der Waals surface area contributed by atoms with Crippen LogP contribution in [0, 0.1) is 5.92 Å². The van der Waals surface area contributed by atoms with Gasteiger partial charge in [-0.15, -0.1) is 0 Å². The highest BCUT2D eigenvalue weighted by atomic mass is 16.6. The fraction of sp³-hybridized carbons (Fsp3) is 0.684. The van der Waals surface area contributed by atoms with Crippen molar-refractivity contribution in [3.63, 3.8) is 0 Å². The number of rotatable bonds is 4. The lowest BCUT2D eigenvalue weighted by Gasteiger charge is -2.31. The molecule has 3 rings (SSSR count). The number of hydrogen-bond donors (Lipinski definition) is 1. The van der Waals surface area contributed by atoms with E-state index in [4.69, 9.17) is 4.74 Å². The molecule has 0 aromatic carbocycles. The summed E-state index contributed by atoms with van der Waals surface area (Å²) >= 11 is 0. The highest BCUT2D eigenvalue weighted by Gasteiger charge is 2.25. The highest BCUT2D eigenvalue weighted by molar-refractivity contribution is 5.93. The van der Waals surface area contributed by atoms with Crippen LogP contribution in [0.2, 0.25) is 0 Å². The topological polar surface area (TPSA) is 87.7 Å². The van der Waals surface area contributed by atoms with Gasteiger partial charge >= 0.3 is 6.09 Å². The Hall–Kier alpha value is -2.38. The van der Waals surface area contributed by atoms with Gasteiger partial charge in [0.2, 0.25) is 5.95 Å².